The molecule has 4 nitrogen and oxygen atoms in total. The van der Waals surface area contributed by atoms with Crippen molar-refractivity contribution in [2.75, 3.05) is 14.1 Å². The Labute approximate surface area is 156 Å². The molecule has 0 bridgehead atoms. The van der Waals surface area contributed by atoms with Crippen LogP contribution in [0.4, 0.5) is 0 Å². The topological polar surface area (TPSA) is 45.7 Å². The van der Waals surface area contributed by atoms with Crippen molar-refractivity contribution < 1.29 is 4.74 Å². The summed E-state index contributed by atoms with van der Waals surface area (Å²) in [6, 6.07) is 15.7. The number of hydrogen-bond acceptors (Lipinski definition) is 2. The third-order valence-electron chi connectivity index (χ3n) is 2.91. The van der Waals surface area contributed by atoms with Crippen molar-refractivity contribution in [1.29, 1.82) is 0 Å². The minimum Gasteiger partial charge on any atom is -0.457 e. The number of guanidine groups is 1. The Bertz CT molecular complexity index is 620. The van der Waals surface area contributed by atoms with E-state index >= 15 is 0 Å². The monoisotopic (exact) mass is 475 g/mol. The number of hydrogen-bond donors (Lipinski definition) is 2. The van der Waals surface area contributed by atoms with Gasteiger partial charge < -0.3 is 15.4 Å². The van der Waals surface area contributed by atoms with E-state index in [2.05, 4.69) is 31.6 Å². The molecule has 0 aliphatic carbocycles. The maximum atomic E-state index is 5.96. The van der Waals surface area contributed by atoms with Crippen LogP contribution in [-0.2, 0) is 6.54 Å². The van der Waals surface area contributed by atoms with Crippen LogP contribution < -0.4 is 15.4 Å². The zero-order chi connectivity index (χ0) is 15.1. The van der Waals surface area contributed by atoms with Gasteiger partial charge in [0.15, 0.2) is 5.96 Å². The summed E-state index contributed by atoms with van der Waals surface area (Å²) in [4.78, 5) is 4.10. The Balaban J connectivity index is 0.00000242. The fourth-order valence-corrected chi connectivity index (χ4v) is 2.18. The van der Waals surface area contributed by atoms with Gasteiger partial charge in [-0.3, -0.25) is 4.99 Å². The molecular formula is C16H19BrIN3O. The summed E-state index contributed by atoms with van der Waals surface area (Å²) in [5.41, 5.74) is 1.05. The lowest BCUT2D eigenvalue weighted by molar-refractivity contribution is 0.475. The first kappa shape index (κ1) is 18.8. The molecule has 0 spiro atoms. The van der Waals surface area contributed by atoms with Crippen molar-refractivity contribution in [1.82, 2.24) is 10.6 Å². The van der Waals surface area contributed by atoms with Gasteiger partial charge in [-0.15, -0.1) is 24.0 Å². The number of ether oxygens (including phenoxy) is 1. The minimum absolute atomic E-state index is 0. The van der Waals surface area contributed by atoms with Crippen LogP contribution in [0.1, 0.15) is 5.56 Å². The SMILES string of the molecule is CN=C(NC)NCc1ccc(Br)cc1Oc1ccccc1.I. The summed E-state index contributed by atoms with van der Waals surface area (Å²) in [6.45, 7) is 0.628. The van der Waals surface area contributed by atoms with Gasteiger partial charge in [-0.1, -0.05) is 40.2 Å². The second-order valence-electron chi connectivity index (χ2n) is 4.34. The van der Waals surface area contributed by atoms with Gasteiger partial charge in [0.1, 0.15) is 11.5 Å². The molecule has 2 N–H and O–H groups in total. The lowest BCUT2D eigenvalue weighted by atomic mass is 10.2. The zero-order valence-corrected chi connectivity index (χ0v) is 16.4. The summed E-state index contributed by atoms with van der Waals surface area (Å²) >= 11 is 3.48. The number of halogens is 2. The zero-order valence-electron chi connectivity index (χ0n) is 12.5. The highest BCUT2D eigenvalue weighted by atomic mass is 127. The first-order valence-electron chi connectivity index (χ1n) is 6.62. The maximum Gasteiger partial charge on any atom is 0.190 e. The van der Waals surface area contributed by atoms with Gasteiger partial charge in [0.05, 0.1) is 0 Å². The third-order valence-corrected chi connectivity index (χ3v) is 3.40. The smallest absolute Gasteiger partial charge is 0.190 e. The molecule has 0 radical (unpaired) electrons. The lowest BCUT2D eigenvalue weighted by Gasteiger charge is -2.14. The second kappa shape index (κ2) is 9.68. The maximum absolute atomic E-state index is 5.96. The summed E-state index contributed by atoms with van der Waals surface area (Å²) in [6.07, 6.45) is 0. The molecule has 0 amide bonds. The molecular weight excluding hydrogens is 457 g/mol. The Kier molecular flexibility index (Phi) is 8.26. The van der Waals surface area contributed by atoms with Crippen LogP contribution in [0.3, 0.4) is 0 Å². The molecule has 2 aromatic rings. The molecule has 0 unspecified atom stereocenters. The quantitative estimate of drug-likeness (QED) is 0.396. The third kappa shape index (κ3) is 5.49. The van der Waals surface area contributed by atoms with Gasteiger partial charge in [-0.25, -0.2) is 0 Å². The number of benzene rings is 2. The molecule has 0 aliphatic rings. The number of nitrogens with one attached hydrogen (secondary N) is 2. The van der Waals surface area contributed by atoms with Crippen molar-refractivity contribution in [3.05, 3.63) is 58.6 Å². The predicted molar refractivity (Wildman–Crippen MR) is 105 cm³/mol. The fraction of sp³-hybridized carbons (Fsp3) is 0.188. The summed E-state index contributed by atoms with van der Waals surface area (Å²) in [5, 5.41) is 6.22. The Morgan fingerprint density at radius 3 is 2.55 bits per heavy atom. The van der Waals surface area contributed by atoms with E-state index in [4.69, 9.17) is 4.74 Å². The molecule has 2 aromatic carbocycles. The van der Waals surface area contributed by atoms with Crippen molar-refractivity contribution >= 4 is 45.9 Å². The lowest BCUT2D eigenvalue weighted by Crippen LogP contribution is -2.34. The van der Waals surface area contributed by atoms with Gasteiger partial charge in [0, 0.05) is 30.7 Å². The average molecular weight is 476 g/mol. The van der Waals surface area contributed by atoms with E-state index in [1.54, 1.807) is 7.05 Å². The molecule has 0 atom stereocenters. The normalized spacial score (nSPS) is 10.6. The van der Waals surface area contributed by atoms with Crippen LogP contribution in [0.5, 0.6) is 11.5 Å². The highest BCUT2D eigenvalue weighted by Gasteiger charge is 2.07. The molecule has 0 fully saturated rings. The molecule has 118 valence electrons. The molecule has 2 rings (SSSR count). The molecule has 0 aromatic heterocycles. The molecule has 22 heavy (non-hydrogen) atoms. The molecule has 0 saturated carbocycles. The highest BCUT2D eigenvalue weighted by molar-refractivity contribution is 14.0. The predicted octanol–water partition coefficient (Wildman–Crippen LogP) is 4.15. The van der Waals surface area contributed by atoms with Crippen LogP contribution >= 0.6 is 39.9 Å². The van der Waals surface area contributed by atoms with E-state index in [0.717, 1.165) is 27.5 Å². The van der Waals surface area contributed by atoms with Gasteiger partial charge in [-0.2, -0.15) is 0 Å². The second-order valence-corrected chi connectivity index (χ2v) is 5.26. The molecule has 6 heteroatoms. The molecule has 0 saturated heterocycles. The molecule has 0 heterocycles. The van der Waals surface area contributed by atoms with Gasteiger partial charge in [-0.05, 0) is 24.3 Å². The molecule has 0 aliphatic heterocycles. The minimum atomic E-state index is 0. The van der Waals surface area contributed by atoms with E-state index in [1.165, 1.54) is 0 Å². The number of rotatable bonds is 4. The standard InChI is InChI=1S/C16H18BrN3O.HI/c1-18-16(19-2)20-11-12-8-9-13(17)10-15(12)21-14-6-4-3-5-7-14;/h3-10H,11H2,1-2H3,(H2,18,19,20);1H. The van der Waals surface area contributed by atoms with Crippen molar-refractivity contribution in [3.63, 3.8) is 0 Å². The average Bonchev–Trinajstić information content (AvgIpc) is 2.51. The van der Waals surface area contributed by atoms with Crippen molar-refractivity contribution in [3.8, 4) is 11.5 Å². The summed E-state index contributed by atoms with van der Waals surface area (Å²) in [5.74, 6) is 2.37. The van der Waals surface area contributed by atoms with Crippen LogP contribution in [-0.4, -0.2) is 20.1 Å². The fourth-order valence-electron chi connectivity index (χ4n) is 1.84. The van der Waals surface area contributed by atoms with E-state index in [-0.39, 0.29) is 24.0 Å². The Morgan fingerprint density at radius 1 is 1.18 bits per heavy atom. The summed E-state index contributed by atoms with van der Waals surface area (Å²) < 4.78 is 6.94. The van der Waals surface area contributed by atoms with Gasteiger partial charge in [0.2, 0.25) is 0 Å². The van der Waals surface area contributed by atoms with Crippen LogP contribution in [0.2, 0.25) is 0 Å². The first-order chi connectivity index (χ1) is 10.2. The van der Waals surface area contributed by atoms with Crippen molar-refractivity contribution in [2.24, 2.45) is 4.99 Å². The van der Waals surface area contributed by atoms with E-state index in [1.807, 2.05) is 55.6 Å². The van der Waals surface area contributed by atoms with E-state index in [9.17, 15) is 0 Å². The van der Waals surface area contributed by atoms with Crippen LogP contribution in [0.25, 0.3) is 0 Å². The van der Waals surface area contributed by atoms with Crippen LogP contribution in [0.15, 0.2) is 58.0 Å². The summed E-state index contributed by atoms with van der Waals surface area (Å²) in [7, 11) is 3.57. The van der Waals surface area contributed by atoms with E-state index in [0.29, 0.717) is 6.54 Å². The van der Waals surface area contributed by atoms with Crippen LogP contribution in [0, 0.1) is 0 Å². The van der Waals surface area contributed by atoms with Crippen molar-refractivity contribution in [2.45, 2.75) is 6.54 Å². The highest BCUT2D eigenvalue weighted by Crippen LogP contribution is 2.28. The van der Waals surface area contributed by atoms with E-state index < -0.39 is 0 Å². The van der Waals surface area contributed by atoms with Gasteiger partial charge >= 0.3 is 0 Å². The largest absolute Gasteiger partial charge is 0.457 e. The Morgan fingerprint density at radius 2 is 1.91 bits per heavy atom. The first-order valence-corrected chi connectivity index (χ1v) is 7.42. The number of aliphatic imine (C=N–C) groups is 1. The van der Waals surface area contributed by atoms with Gasteiger partial charge in [0.25, 0.3) is 0 Å². The number of para-hydroxylation sites is 1. The Hall–Kier alpha value is -1.28. The number of nitrogens with zero attached hydrogens (tertiary/aromatic N) is 1.